The fourth-order valence-corrected chi connectivity index (χ4v) is 1.94. The number of nitrogens with two attached hydrogens (primary N) is 1. The third-order valence-electron chi connectivity index (χ3n) is 2.42. The van der Waals surface area contributed by atoms with E-state index in [1.807, 2.05) is 4.98 Å². The average molecular weight is 373 g/mol. The Kier molecular flexibility index (Phi) is 3.42. The van der Waals surface area contributed by atoms with E-state index in [0.29, 0.717) is 5.69 Å². The molecule has 0 unspecified atom stereocenters. The molecule has 0 saturated carbocycles. The van der Waals surface area contributed by atoms with Crippen LogP contribution in [0.1, 0.15) is 10.4 Å². The lowest BCUT2D eigenvalue weighted by Gasteiger charge is -2.09. The van der Waals surface area contributed by atoms with E-state index in [2.05, 4.69) is 22.6 Å². The van der Waals surface area contributed by atoms with Gasteiger partial charge >= 0.3 is 5.69 Å². The average Bonchev–Trinajstić information content (AvgIpc) is 2.30. The van der Waals surface area contributed by atoms with Gasteiger partial charge in [0.25, 0.3) is 11.5 Å². The van der Waals surface area contributed by atoms with Crippen molar-refractivity contribution in [3.05, 3.63) is 54.2 Å². The maximum Gasteiger partial charge on any atom is 0.335 e. The first-order valence-corrected chi connectivity index (χ1v) is 6.13. The second kappa shape index (κ2) is 4.88. The number of aromatic amines is 1. The summed E-state index contributed by atoms with van der Waals surface area (Å²) in [6.45, 7) is 0. The standard InChI is InChI=1S/C11H8IN3O4/c12-5-1-3-6(4-2-5)15-10(18)7(8(13)16)9(17)14-11(15)19/h1-4,18H,(H2,13,16)(H,14,17,19). The molecule has 0 radical (unpaired) electrons. The van der Waals surface area contributed by atoms with E-state index >= 15 is 0 Å². The van der Waals surface area contributed by atoms with Gasteiger partial charge in [-0.15, -0.1) is 0 Å². The molecular weight excluding hydrogens is 365 g/mol. The first-order chi connectivity index (χ1) is 8.91. The molecule has 0 spiro atoms. The van der Waals surface area contributed by atoms with Crippen LogP contribution in [0.15, 0.2) is 33.9 Å². The fraction of sp³-hybridized carbons (Fsp3) is 0. The summed E-state index contributed by atoms with van der Waals surface area (Å²) in [5.41, 5.74) is 2.78. The second-order valence-corrected chi connectivity index (χ2v) is 4.88. The second-order valence-electron chi connectivity index (χ2n) is 3.63. The molecule has 0 atom stereocenters. The summed E-state index contributed by atoms with van der Waals surface area (Å²) in [6, 6.07) is 6.53. The van der Waals surface area contributed by atoms with Crippen LogP contribution in [-0.2, 0) is 0 Å². The first-order valence-electron chi connectivity index (χ1n) is 5.06. The molecule has 0 bridgehead atoms. The molecule has 7 nitrogen and oxygen atoms in total. The number of hydrogen-bond donors (Lipinski definition) is 3. The number of amides is 1. The number of carbonyl (C=O) groups excluding carboxylic acids is 1. The maximum atomic E-state index is 11.7. The van der Waals surface area contributed by atoms with Crippen LogP contribution in [0.4, 0.5) is 0 Å². The zero-order chi connectivity index (χ0) is 14.2. The van der Waals surface area contributed by atoms with E-state index in [1.54, 1.807) is 24.3 Å². The van der Waals surface area contributed by atoms with E-state index in [0.717, 1.165) is 8.14 Å². The summed E-state index contributed by atoms with van der Waals surface area (Å²) >= 11 is 2.07. The SMILES string of the molecule is NC(=O)c1c(O)n(-c2ccc(I)cc2)c(=O)[nH]c1=O. The molecule has 4 N–H and O–H groups in total. The number of H-pyrrole nitrogens is 1. The summed E-state index contributed by atoms with van der Waals surface area (Å²) in [4.78, 5) is 36.2. The van der Waals surface area contributed by atoms with E-state index in [1.165, 1.54) is 0 Å². The summed E-state index contributed by atoms with van der Waals surface area (Å²) in [5, 5.41) is 9.88. The molecule has 0 aliphatic heterocycles. The van der Waals surface area contributed by atoms with Crippen LogP contribution < -0.4 is 17.0 Å². The number of nitrogens with zero attached hydrogens (tertiary/aromatic N) is 1. The number of carbonyl (C=O) groups is 1. The van der Waals surface area contributed by atoms with Crippen LogP contribution in [0, 0.1) is 3.57 Å². The van der Waals surface area contributed by atoms with Gasteiger partial charge < -0.3 is 10.8 Å². The molecule has 1 aromatic heterocycles. The Hall–Kier alpha value is -2.10. The minimum Gasteiger partial charge on any atom is -0.493 e. The smallest absolute Gasteiger partial charge is 0.335 e. The molecule has 8 heteroatoms. The highest BCUT2D eigenvalue weighted by Gasteiger charge is 2.19. The number of benzene rings is 1. The van der Waals surface area contributed by atoms with Crippen molar-refractivity contribution in [2.45, 2.75) is 0 Å². The van der Waals surface area contributed by atoms with Crippen molar-refractivity contribution in [2.24, 2.45) is 5.73 Å². The maximum absolute atomic E-state index is 11.7. The molecule has 0 aliphatic carbocycles. The molecule has 1 heterocycles. The van der Waals surface area contributed by atoms with Crippen molar-refractivity contribution < 1.29 is 9.90 Å². The third-order valence-corrected chi connectivity index (χ3v) is 3.14. The minimum absolute atomic E-state index is 0.307. The molecule has 1 amide bonds. The number of primary amides is 1. The van der Waals surface area contributed by atoms with Crippen molar-refractivity contribution in [1.29, 1.82) is 0 Å². The Bertz CT molecular complexity index is 761. The van der Waals surface area contributed by atoms with Gasteiger partial charge in [0.2, 0.25) is 5.88 Å². The Balaban J connectivity index is 2.81. The summed E-state index contributed by atoms with van der Waals surface area (Å²) in [6.07, 6.45) is 0. The van der Waals surface area contributed by atoms with Gasteiger partial charge in [-0.2, -0.15) is 0 Å². The van der Waals surface area contributed by atoms with Gasteiger partial charge in [-0.05, 0) is 46.9 Å². The fourth-order valence-electron chi connectivity index (χ4n) is 1.58. The summed E-state index contributed by atoms with van der Waals surface area (Å²) in [5.74, 6) is -1.89. The zero-order valence-corrected chi connectivity index (χ0v) is 11.5. The minimum atomic E-state index is -1.11. The van der Waals surface area contributed by atoms with Crippen molar-refractivity contribution in [2.75, 3.05) is 0 Å². The number of aromatic hydroxyl groups is 1. The predicted molar refractivity (Wildman–Crippen MR) is 75.6 cm³/mol. The highest BCUT2D eigenvalue weighted by Crippen LogP contribution is 2.16. The van der Waals surface area contributed by atoms with E-state index in [-0.39, 0.29) is 0 Å². The Morgan fingerprint density at radius 2 is 1.84 bits per heavy atom. The molecule has 0 fully saturated rings. The highest BCUT2D eigenvalue weighted by molar-refractivity contribution is 14.1. The summed E-state index contributed by atoms with van der Waals surface area (Å²) in [7, 11) is 0. The van der Waals surface area contributed by atoms with Gasteiger partial charge in [0.15, 0.2) is 5.56 Å². The molecule has 0 aliphatic rings. The molecular formula is C11H8IN3O4. The van der Waals surface area contributed by atoms with E-state index in [4.69, 9.17) is 5.73 Å². The van der Waals surface area contributed by atoms with Crippen molar-refractivity contribution in [1.82, 2.24) is 9.55 Å². The van der Waals surface area contributed by atoms with Gasteiger partial charge in [-0.3, -0.25) is 14.6 Å². The zero-order valence-electron chi connectivity index (χ0n) is 9.38. The van der Waals surface area contributed by atoms with Gasteiger partial charge in [-0.25, -0.2) is 9.36 Å². The Morgan fingerprint density at radius 1 is 1.26 bits per heavy atom. The summed E-state index contributed by atoms with van der Waals surface area (Å²) < 4.78 is 1.73. The van der Waals surface area contributed by atoms with Gasteiger partial charge in [0.1, 0.15) is 0 Å². The number of hydrogen-bond acceptors (Lipinski definition) is 4. The lowest BCUT2D eigenvalue weighted by Crippen LogP contribution is -2.34. The molecule has 1 aromatic carbocycles. The van der Waals surface area contributed by atoms with Gasteiger partial charge in [-0.1, -0.05) is 0 Å². The number of nitrogens with one attached hydrogen (secondary N) is 1. The molecule has 2 aromatic rings. The van der Waals surface area contributed by atoms with E-state index in [9.17, 15) is 19.5 Å². The third kappa shape index (κ3) is 2.38. The number of aromatic nitrogens is 2. The van der Waals surface area contributed by atoms with E-state index < -0.39 is 28.6 Å². The molecule has 19 heavy (non-hydrogen) atoms. The number of rotatable bonds is 2. The molecule has 2 rings (SSSR count). The van der Waals surface area contributed by atoms with Gasteiger partial charge in [0, 0.05) is 3.57 Å². The molecule has 0 saturated heterocycles. The Labute approximate surface area is 119 Å². The number of halogens is 1. The van der Waals surface area contributed by atoms with Gasteiger partial charge in [0.05, 0.1) is 5.69 Å². The van der Waals surface area contributed by atoms with Crippen LogP contribution in [0.5, 0.6) is 5.88 Å². The monoisotopic (exact) mass is 373 g/mol. The quantitative estimate of drug-likeness (QED) is 0.639. The highest BCUT2D eigenvalue weighted by atomic mass is 127. The topological polar surface area (TPSA) is 118 Å². The lowest BCUT2D eigenvalue weighted by molar-refractivity contribution is 0.0995. The lowest BCUT2D eigenvalue weighted by atomic mass is 10.2. The van der Waals surface area contributed by atoms with Crippen LogP contribution in [0.3, 0.4) is 0 Å². The van der Waals surface area contributed by atoms with Crippen molar-refractivity contribution >= 4 is 28.5 Å². The van der Waals surface area contributed by atoms with Crippen LogP contribution in [0.25, 0.3) is 5.69 Å². The molecule has 98 valence electrons. The van der Waals surface area contributed by atoms with Crippen LogP contribution in [-0.4, -0.2) is 20.6 Å². The van der Waals surface area contributed by atoms with Crippen LogP contribution in [0.2, 0.25) is 0 Å². The van der Waals surface area contributed by atoms with Crippen LogP contribution >= 0.6 is 22.6 Å². The Morgan fingerprint density at radius 3 is 2.37 bits per heavy atom. The van der Waals surface area contributed by atoms with Crippen molar-refractivity contribution in [3.63, 3.8) is 0 Å². The normalized spacial score (nSPS) is 10.4. The van der Waals surface area contributed by atoms with Crippen molar-refractivity contribution in [3.8, 4) is 11.6 Å². The predicted octanol–water partition coefficient (Wildman–Crippen LogP) is -0.0651. The first kappa shape index (κ1) is 13.3. The largest absolute Gasteiger partial charge is 0.493 e.